The topological polar surface area (TPSA) is 78.6 Å². The van der Waals surface area contributed by atoms with E-state index in [9.17, 15) is 4.79 Å². The fraction of sp³-hybridized carbons (Fsp3) is 0.556. The lowest BCUT2D eigenvalue weighted by atomic mass is 9.94. The van der Waals surface area contributed by atoms with Crippen LogP contribution in [-0.4, -0.2) is 49.3 Å². The van der Waals surface area contributed by atoms with Crippen molar-refractivity contribution in [1.82, 2.24) is 19.6 Å². The fourth-order valence-corrected chi connectivity index (χ4v) is 5.98. The van der Waals surface area contributed by atoms with E-state index < -0.39 is 0 Å². The zero-order valence-electron chi connectivity index (χ0n) is 16.4. The molecule has 0 aliphatic carbocycles. The summed E-state index contributed by atoms with van der Waals surface area (Å²) in [6.45, 7) is 9.07. The van der Waals surface area contributed by atoms with Crippen LogP contribution < -0.4 is 0 Å². The van der Waals surface area contributed by atoms with E-state index in [-0.39, 0.29) is 17.3 Å². The van der Waals surface area contributed by atoms with Gasteiger partial charge in [-0.1, -0.05) is 37.4 Å². The molecule has 0 bridgehead atoms. The molecule has 4 rings (SSSR count). The molecule has 0 unspecified atom stereocenters. The van der Waals surface area contributed by atoms with Gasteiger partial charge in [0.1, 0.15) is 4.83 Å². The van der Waals surface area contributed by atoms with E-state index >= 15 is 0 Å². The summed E-state index contributed by atoms with van der Waals surface area (Å²) in [4.78, 5) is 18.7. The first-order valence-electron chi connectivity index (χ1n) is 8.98. The van der Waals surface area contributed by atoms with E-state index in [0.717, 1.165) is 27.4 Å². The first kappa shape index (κ1) is 19.9. The Hall–Kier alpha value is -1.36. The second kappa shape index (κ2) is 7.47. The lowest BCUT2D eigenvalue weighted by molar-refractivity contribution is -0.137. The molecule has 0 amide bonds. The average molecular weight is 439 g/mol. The van der Waals surface area contributed by atoms with Crippen LogP contribution in [0, 0.1) is 0 Å². The van der Waals surface area contributed by atoms with Gasteiger partial charge >= 0.3 is 5.97 Å². The van der Waals surface area contributed by atoms with E-state index in [1.807, 2.05) is 4.40 Å². The molecule has 0 fully saturated rings. The summed E-state index contributed by atoms with van der Waals surface area (Å²) in [5.74, 6) is -0.107. The Labute approximate surface area is 175 Å². The Morgan fingerprint density at radius 2 is 2.14 bits per heavy atom. The Morgan fingerprint density at radius 1 is 1.36 bits per heavy atom. The lowest BCUT2D eigenvalue weighted by Crippen LogP contribution is -2.31. The zero-order chi connectivity index (χ0) is 20.1. The fourth-order valence-electron chi connectivity index (χ4n) is 3.16. The second-order valence-electron chi connectivity index (χ2n) is 7.48. The molecule has 0 N–H and O–H groups in total. The van der Waals surface area contributed by atoms with Gasteiger partial charge in [-0.25, -0.2) is 9.38 Å². The highest BCUT2D eigenvalue weighted by Crippen LogP contribution is 2.41. The maximum Gasteiger partial charge on any atom is 0.316 e. The molecule has 10 heteroatoms. The summed E-state index contributed by atoms with van der Waals surface area (Å²) in [6.07, 6.45) is 0.813. The summed E-state index contributed by atoms with van der Waals surface area (Å²) in [5.41, 5.74) is 1.84. The minimum absolute atomic E-state index is 0.184. The minimum Gasteiger partial charge on any atom is -0.468 e. The Bertz CT molecular complexity index is 1060. The highest BCUT2D eigenvalue weighted by atomic mass is 32.2. The number of hydrogen-bond acceptors (Lipinski definition) is 9. The van der Waals surface area contributed by atoms with Crippen molar-refractivity contribution in [3.63, 3.8) is 0 Å². The van der Waals surface area contributed by atoms with Gasteiger partial charge in [0.05, 0.1) is 30.5 Å². The number of nitrogens with zero attached hydrogens (tertiary/aromatic N) is 4. The molecule has 3 aromatic rings. The highest BCUT2D eigenvalue weighted by Gasteiger charge is 2.31. The summed E-state index contributed by atoms with van der Waals surface area (Å²) in [5, 5.41) is 11.8. The van der Waals surface area contributed by atoms with E-state index in [2.05, 4.69) is 37.9 Å². The normalized spacial score (nSPS) is 16.1. The molecule has 1 aliphatic rings. The number of fused-ring (bicyclic) bond motifs is 5. The molecule has 0 radical (unpaired) electrons. The van der Waals surface area contributed by atoms with Crippen LogP contribution in [0.5, 0.6) is 0 Å². The largest absolute Gasteiger partial charge is 0.468 e. The average Bonchev–Trinajstić information content (AvgIpc) is 3.19. The van der Waals surface area contributed by atoms with Crippen LogP contribution in [-0.2, 0) is 27.3 Å². The quantitative estimate of drug-likeness (QED) is 0.337. The number of esters is 1. The molecule has 1 aliphatic heterocycles. The van der Waals surface area contributed by atoms with E-state index in [0.29, 0.717) is 17.0 Å². The number of aromatic nitrogens is 4. The molecule has 0 saturated heterocycles. The van der Waals surface area contributed by atoms with Crippen LogP contribution in [0.2, 0.25) is 0 Å². The third-order valence-electron chi connectivity index (χ3n) is 4.40. The van der Waals surface area contributed by atoms with Crippen molar-refractivity contribution in [3.05, 3.63) is 10.4 Å². The van der Waals surface area contributed by atoms with Crippen molar-refractivity contribution in [2.75, 3.05) is 12.9 Å². The first-order chi connectivity index (χ1) is 13.3. The van der Waals surface area contributed by atoms with Gasteiger partial charge in [-0.05, 0) is 19.4 Å². The number of thiophene rings is 1. The summed E-state index contributed by atoms with van der Waals surface area (Å²) in [7, 11) is 1.39. The smallest absolute Gasteiger partial charge is 0.316 e. The van der Waals surface area contributed by atoms with Crippen molar-refractivity contribution in [3.8, 4) is 0 Å². The van der Waals surface area contributed by atoms with Crippen LogP contribution in [0.25, 0.3) is 15.9 Å². The monoisotopic (exact) mass is 438 g/mol. The molecule has 28 heavy (non-hydrogen) atoms. The van der Waals surface area contributed by atoms with Gasteiger partial charge in [-0.15, -0.1) is 21.5 Å². The maximum absolute atomic E-state index is 11.6. The van der Waals surface area contributed by atoms with Crippen LogP contribution in [0.4, 0.5) is 0 Å². The summed E-state index contributed by atoms with van der Waals surface area (Å²) in [6, 6.07) is 0. The van der Waals surface area contributed by atoms with Gasteiger partial charge in [0.15, 0.2) is 16.0 Å². The third kappa shape index (κ3) is 3.62. The molecule has 4 heterocycles. The van der Waals surface area contributed by atoms with E-state index in [1.54, 1.807) is 23.1 Å². The summed E-state index contributed by atoms with van der Waals surface area (Å²) < 4.78 is 12.7. The molecular weight excluding hydrogens is 416 g/mol. The van der Waals surface area contributed by atoms with Gasteiger partial charge in [-0.2, -0.15) is 0 Å². The Morgan fingerprint density at radius 3 is 2.86 bits per heavy atom. The standard InChI is InChI=1S/C18H22N4O3S3/c1-9(2)27-16-19-15-13(10-6-18(3,4)25-7-11(10)28-15)14-20-21-17(22(14)16)26-8-12(23)24-5/h9H,6-8H2,1-5H3. The Balaban J connectivity index is 1.91. The van der Waals surface area contributed by atoms with E-state index in [4.69, 9.17) is 14.5 Å². The molecule has 3 aromatic heterocycles. The first-order valence-corrected chi connectivity index (χ1v) is 11.7. The van der Waals surface area contributed by atoms with Crippen molar-refractivity contribution < 1.29 is 14.3 Å². The van der Waals surface area contributed by atoms with Crippen molar-refractivity contribution >= 4 is 56.7 Å². The van der Waals surface area contributed by atoms with E-state index in [1.165, 1.54) is 29.3 Å². The Kier molecular flexibility index (Phi) is 5.32. The van der Waals surface area contributed by atoms with Crippen LogP contribution in [0.15, 0.2) is 10.3 Å². The number of thioether (sulfide) groups is 2. The number of carbonyl (C=O) groups is 1. The SMILES string of the molecule is COC(=O)CSc1nnc2c3c4c(sc3nc(SC(C)C)n12)COC(C)(C)C4. The van der Waals surface area contributed by atoms with Crippen molar-refractivity contribution in [2.24, 2.45) is 0 Å². The van der Waals surface area contributed by atoms with Gasteiger partial charge in [0.25, 0.3) is 0 Å². The van der Waals surface area contributed by atoms with Crippen molar-refractivity contribution in [1.29, 1.82) is 0 Å². The van der Waals surface area contributed by atoms with Crippen LogP contribution >= 0.6 is 34.9 Å². The number of methoxy groups -OCH3 is 1. The maximum atomic E-state index is 11.6. The van der Waals surface area contributed by atoms with Crippen LogP contribution in [0.1, 0.15) is 38.1 Å². The predicted molar refractivity (Wildman–Crippen MR) is 112 cm³/mol. The molecular formula is C18H22N4O3S3. The van der Waals surface area contributed by atoms with Crippen molar-refractivity contribution in [2.45, 2.75) is 61.9 Å². The molecule has 0 spiro atoms. The molecule has 0 aromatic carbocycles. The predicted octanol–water partition coefficient (Wildman–Crippen LogP) is 3.96. The molecule has 7 nitrogen and oxygen atoms in total. The minimum atomic E-state index is -0.291. The van der Waals surface area contributed by atoms with Gasteiger partial charge in [0, 0.05) is 16.5 Å². The van der Waals surface area contributed by atoms with Gasteiger partial charge in [0.2, 0.25) is 0 Å². The molecule has 0 atom stereocenters. The van der Waals surface area contributed by atoms with Crippen LogP contribution in [0.3, 0.4) is 0 Å². The number of hydrogen-bond donors (Lipinski definition) is 0. The molecule has 150 valence electrons. The third-order valence-corrected chi connectivity index (χ3v) is 7.36. The zero-order valence-corrected chi connectivity index (χ0v) is 18.9. The number of carbonyl (C=O) groups excluding carboxylic acids is 1. The second-order valence-corrected chi connectivity index (χ2v) is 11.0. The van der Waals surface area contributed by atoms with Gasteiger partial charge < -0.3 is 9.47 Å². The lowest BCUT2D eigenvalue weighted by Gasteiger charge is -2.30. The van der Waals surface area contributed by atoms with Gasteiger partial charge in [-0.3, -0.25) is 4.79 Å². The number of ether oxygens (including phenoxy) is 2. The highest BCUT2D eigenvalue weighted by molar-refractivity contribution is 8.00. The number of rotatable bonds is 5. The summed E-state index contributed by atoms with van der Waals surface area (Å²) >= 11 is 4.66. The molecule has 0 saturated carbocycles.